The molecule has 0 bridgehead atoms. The lowest BCUT2D eigenvalue weighted by Gasteiger charge is -2.34. The van der Waals surface area contributed by atoms with Gasteiger partial charge in [-0.05, 0) is 6.07 Å². The zero-order valence-corrected chi connectivity index (χ0v) is 10.6. The van der Waals surface area contributed by atoms with Crippen molar-refractivity contribution < 1.29 is 18.0 Å². The average Bonchev–Trinajstić information content (AvgIpc) is 2.45. The zero-order valence-electron chi connectivity index (χ0n) is 10.6. The lowest BCUT2D eigenvalue weighted by molar-refractivity contribution is -0.123. The van der Waals surface area contributed by atoms with Gasteiger partial charge < -0.3 is 15.1 Å². The molecule has 1 aromatic rings. The first-order valence-electron chi connectivity index (χ1n) is 6.07. The van der Waals surface area contributed by atoms with Gasteiger partial charge in [0.25, 0.3) is 0 Å². The molecule has 1 aliphatic heterocycles. The van der Waals surface area contributed by atoms with Crippen LogP contribution in [0.25, 0.3) is 0 Å². The van der Waals surface area contributed by atoms with Gasteiger partial charge in [-0.15, -0.1) is 0 Å². The smallest absolute Gasteiger partial charge is 0.337 e. The van der Waals surface area contributed by atoms with Crippen LogP contribution in [0.1, 0.15) is 0 Å². The van der Waals surface area contributed by atoms with Crippen molar-refractivity contribution in [2.75, 3.05) is 37.6 Å². The van der Waals surface area contributed by atoms with Crippen molar-refractivity contribution in [1.82, 2.24) is 20.2 Å². The Morgan fingerprint density at radius 1 is 1.20 bits per heavy atom. The lowest BCUT2D eigenvalue weighted by atomic mass is 10.3. The van der Waals surface area contributed by atoms with E-state index in [1.807, 2.05) is 10.2 Å². The Morgan fingerprint density at radius 2 is 1.80 bits per heavy atom. The minimum atomic E-state index is -4.39. The molecular formula is C11H14F3N5O. The van der Waals surface area contributed by atoms with Crippen LogP contribution in [0.2, 0.25) is 0 Å². The molecule has 1 aromatic heterocycles. The number of hydrogen-bond acceptors (Lipinski definition) is 4. The van der Waals surface area contributed by atoms with E-state index in [2.05, 4.69) is 9.97 Å². The van der Waals surface area contributed by atoms with Crippen molar-refractivity contribution in [1.29, 1.82) is 0 Å². The van der Waals surface area contributed by atoms with Gasteiger partial charge in [-0.3, -0.25) is 0 Å². The third-order valence-electron chi connectivity index (χ3n) is 2.84. The summed E-state index contributed by atoms with van der Waals surface area (Å²) in [6.45, 7) is 0.338. The van der Waals surface area contributed by atoms with Gasteiger partial charge in [0.1, 0.15) is 6.54 Å². The molecule has 2 heterocycles. The van der Waals surface area contributed by atoms with Crippen molar-refractivity contribution in [3.63, 3.8) is 0 Å². The molecule has 1 fully saturated rings. The van der Waals surface area contributed by atoms with Crippen LogP contribution in [0.5, 0.6) is 0 Å². The first-order valence-corrected chi connectivity index (χ1v) is 6.07. The summed E-state index contributed by atoms with van der Waals surface area (Å²) in [5.41, 5.74) is 0. The summed E-state index contributed by atoms with van der Waals surface area (Å²) in [4.78, 5) is 23.0. The number of hydrogen-bond donors (Lipinski definition) is 1. The summed E-state index contributed by atoms with van der Waals surface area (Å²) in [5, 5.41) is 1.86. The SMILES string of the molecule is O=C(NCC(F)(F)F)N1CCN(c2ncccn2)CC1. The van der Waals surface area contributed by atoms with E-state index in [1.54, 1.807) is 18.5 Å². The van der Waals surface area contributed by atoms with Gasteiger partial charge >= 0.3 is 12.2 Å². The molecular weight excluding hydrogens is 275 g/mol. The minimum Gasteiger partial charge on any atom is -0.337 e. The number of carbonyl (C=O) groups excluding carboxylic acids is 1. The molecule has 1 aliphatic rings. The Bertz CT molecular complexity index is 445. The van der Waals surface area contributed by atoms with Crippen LogP contribution in [0.3, 0.4) is 0 Å². The number of piperazine rings is 1. The predicted octanol–water partition coefficient (Wildman–Crippen LogP) is 0.871. The molecule has 2 rings (SSSR count). The Labute approximate surface area is 113 Å². The first-order chi connectivity index (χ1) is 9.46. The quantitative estimate of drug-likeness (QED) is 0.877. The standard InChI is InChI=1S/C11H14F3N5O/c12-11(13,14)8-17-10(20)19-6-4-18(5-7-19)9-15-2-1-3-16-9/h1-3H,4-8H2,(H,17,20). The minimum absolute atomic E-state index is 0.335. The topological polar surface area (TPSA) is 61.4 Å². The van der Waals surface area contributed by atoms with E-state index in [1.165, 1.54) is 4.90 Å². The summed E-state index contributed by atoms with van der Waals surface area (Å²) in [7, 11) is 0. The van der Waals surface area contributed by atoms with Crippen LogP contribution in [0.4, 0.5) is 23.9 Å². The molecule has 110 valence electrons. The molecule has 0 saturated carbocycles. The Balaban J connectivity index is 1.81. The number of nitrogens with zero attached hydrogens (tertiary/aromatic N) is 4. The van der Waals surface area contributed by atoms with Crippen LogP contribution >= 0.6 is 0 Å². The molecule has 9 heteroatoms. The van der Waals surface area contributed by atoms with Gasteiger partial charge in [-0.25, -0.2) is 14.8 Å². The Hall–Kier alpha value is -2.06. The van der Waals surface area contributed by atoms with Crippen LogP contribution in [-0.2, 0) is 0 Å². The molecule has 1 saturated heterocycles. The number of anilines is 1. The number of rotatable bonds is 2. The van der Waals surface area contributed by atoms with E-state index in [4.69, 9.17) is 0 Å². The van der Waals surface area contributed by atoms with E-state index in [0.717, 1.165) is 0 Å². The predicted molar refractivity (Wildman–Crippen MR) is 65.3 cm³/mol. The number of nitrogens with one attached hydrogen (secondary N) is 1. The molecule has 0 atom stereocenters. The normalized spacial score (nSPS) is 16.1. The van der Waals surface area contributed by atoms with Crippen LogP contribution in [0, 0.1) is 0 Å². The van der Waals surface area contributed by atoms with Crippen molar-refractivity contribution in [3.05, 3.63) is 18.5 Å². The fourth-order valence-electron chi connectivity index (χ4n) is 1.85. The monoisotopic (exact) mass is 289 g/mol. The summed E-state index contributed by atoms with van der Waals surface area (Å²) in [6, 6.07) is 1.00. The maximum atomic E-state index is 12.0. The third kappa shape index (κ3) is 3.97. The Kier molecular flexibility index (Phi) is 4.26. The highest BCUT2D eigenvalue weighted by Gasteiger charge is 2.29. The largest absolute Gasteiger partial charge is 0.405 e. The number of amides is 2. The number of halogens is 3. The van der Waals surface area contributed by atoms with Crippen LogP contribution in [-0.4, -0.2) is 59.8 Å². The summed E-state index contributed by atoms with van der Waals surface area (Å²) in [5.74, 6) is 0.558. The van der Waals surface area contributed by atoms with Crippen molar-refractivity contribution in [2.24, 2.45) is 0 Å². The van der Waals surface area contributed by atoms with E-state index in [-0.39, 0.29) is 0 Å². The van der Waals surface area contributed by atoms with Gasteiger partial charge in [0, 0.05) is 38.6 Å². The number of alkyl halides is 3. The van der Waals surface area contributed by atoms with E-state index >= 15 is 0 Å². The van der Waals surface area contributed by atoms with Gasteiger partial charge in [-0.1, -0.05) is 0 Å². The van der Waals surface area contributed by atoms with Crippen molar-refractivity contribution in [3.8, 4) is 0 Å². The summed E-state index contributed by atoms with van der Waals surface area (Å²) >= 11 is 0. The number of urea groups is 1. The molecule has 0 unspecified atom stereocenters. The second-order valence-electron chi connectivity index (χ2n) is 4.30. The van der Waals surface area contributed by atoms with E-state index in [0.29, 0.717) is 32.1 Å². The summed E-state index contributed by atoms with van der Waals surface area (Å²) < 4.78 is 36.0. The van der Waals surface area contributed by atoms with Crippen LogP contribution < -0.4 is 10.2 Å². The highest BCUT2D eigenvalue weighted by molar-refractivity contribution is 5.74. The summed E-state index contributed by atoms with van der Waals surface area (Å²) in [6.07, 6.45) is -1.16. The van der Waals surface area contributed by atoms with Gasteiger partial charge in [0.2, 0.25) is 5.95 Å². The second-order valence-corrected chi connectivity index (χ2v) is 4.30. The van der Waals surface area contributed by atoms with E-state index < -0.39 is 18.8 Å². The van der Waals surface area contributed by atoms with Gasteiger partial charge in [0.15, 0.2) is 0 Å². The number of carbonyl (C=O) groups is 1. The molecule has 0 spiro atoms. The Morgan fingerprint density at radius 3 is 2.35 bits per heavy atom. The number of aromatic nitrogens is 2. The molecule has 0 aliphatic carbocycles. The van der Waals surface area contributed by atoms with Crippen molar-refractivity contribution >= 4 is 12.0 Å². The highest BCUT2D eigenvalue weighted by atomic mass is 19.4. The lowest BCUT2D eigenvalue weighted by Crippen LogP contribution is -2.53. The highest BCUT2D eigenvalue weighted by Crippen LogP contribution is 2.13. The molecule has 1 N–H and O–H groups in total. The average molecular weight is 289 g/mol. The van der Waals surface area contributed by atoms with Crippen LogP contribution in [0.15, 0.2) is 18.5 Å². The fraction of sp³-hybridized carbons (Fsp3) is 0.545. The second kappa shape index (κ2) is 5.93. The molecule has 0 radical (unpaired) electrons. The molecule has 6 nitrogen and oxygen atoms in total. The molecule has 2 amide bonds. The molecule has 20 heavy (non-hydrogen) atoms. The molecule has 0 aromatic carbocycles. The van der Waals surface area contributed by atoms with E-state index in [9.17, 15) is 18.0 Å². The van der Waals surface area contributed by atoms with Gasteiger partial charge in [-0.2, -0.15) is 13.2 Å². The maximum absolute atomic E-state index is 12.0. The van der Waals surface area contributed by atoms with Crippen molar-refractivity contribution in [2.45, 2.75) is 6.18 Å². The zero-order chi connectivity index (χ0) is 14.6. The fourth-order valence-corrected chi connectivity index (χ4v) is 1.85. The first kappa shape index (κ1) is 14.4. The maximum Gasteiger partial charge on any atom is 0.405 e. The third-order valence-corrected chi connectivity index (χ3v) is 2.84. The van der Waals surface area contributed by atoms with Gasteiger partial charge in [0.05, 0.1) is 0 Å².